The van der Waals surface area contributed by atoms with Crippen LogP contribution in [0.1, 0.15) is 36.3 Å². The van der Waals surface area contributed by atoms with Crippen molar-refractivity contribution < 1.29 is 0 Å². The maximum Gasteiger partial charge on any atom is 0.00683 e. The maximum atomic E-state index is 3.69. The lowest BCUT2D eigenvalue weighted by molar-refractivity contribution is 0.289. The van der Waals surface area contributed by atoms with Crippen LogP contribution in [0.4, 0.5) is 0 Å². The first-order valence-corrected chi connectivity index (χ1v) is 7.92. The van der Waals surface area contributed by atoms with Gasteiger partial charge < -0.3 is 10.2 Å². The zero-order valence-electron chi connectivity index (χ0n) is 11.6. The average molecular weight is 256 g/mol. The Hall–Kier alpha value is -0.860. The molecular formula is C17H24N2. The van der Waals surface area contributed by atoms with Gasteiger partial charge in [-0.3, -0.25) is 0 Å². The van der Waals surface area contributed by atoms with Crippen LogP contribution < -0.4 is 5.32 Å². The second-order valence-corrected chi connectivity index (χ2v) is 6.70. The second kappa shape index (κ2) is 4.92. The summed E-state index contributed by atoms with van der Waals surface area (Å²) < 4.78 is 0. The highest BCUT2D eigenvalue weighted by atomic mass is 15.2. The molecule has 1 aliphatic heterocycles. The standard InChI is InChI=1S/C17H24N2/c1-2-4-17-14(3-1)9-15(17)12-19-8-7-13(11-19)10-18-16-5-6-16/h1-4,13,15-16,18H,5-12H2. The Kier molecular flexibility index (Phi) is 3.08. The molecule has 0 radical (unpaired) electrons. The fourth-order valence-electron chi connectivity index (χ4n) is 3.70. The number of likely N-dealkylation sites (tertiary alicyclic amines) is 1. The van der Waals surface area contributed by atoms with Crippen LogP contribution in [0.25, 0.3) is 0 Å². The molecule has 2 atom stereocenters. The van der Waals surface area contributed by atoms with Crippen molar-refractivity contribution in [2.24, 2.45) is 5.92 Å². The van der Waals surface area contributed by atoms with Gasteiger partial charge >= 0.3 is 0 Å². The molecule has 2 aliphatic carbocycles. The third-order valence-electron chi connectivity index (χ3n) is 5.08. The monoisotopic (exact) mass is 256 g/mol. The molecule has 1 aromatic carbocycles. The Morgan fingerprint density at radius 1 is 1.16 bits per heavy atom. The Labute approximate surface area is 116 Å². The van der Waals surface area contributed by atoms with E-state index in [9.17, 15) is 0 Å². The summed E-state index contributed by atoms with van der Waals surface area (Å²) in [7, 11) is 0. The first kappa shape index (κ1) is 11.9. The first-order valence-electron chi connectivity index (χ1n) is 7.92. The summed E-state index contributed by atoms with van der Waals surface area (Å²) in [6, 6.07) is 9.85. The summed E-state index contributed by atoms with van der Waals surface area (Å²) in [6.07, 6.45) is 5.52. The van der Waals surface area contributed by atoms with Gasteiger partial charge in [-0.1, -0.05) is 24.3 Å². The van der Waals surface area contributed by atoms with Gasteiger partial charge in [0.1, 0.15) is 0 Å². The normalized spacial score (nSPS) is 30.1. The minimum atomic E-state index is 0.811. The number of rotatable bonds is 5. The third kappa shape index (κ3) is 2.56. The summed E-state index contributed by atoms with van der Waals surface area (Å²) in [5, 5.41) is 3.69. The molecule has 0 amide bonds. The molecule has 1 N–H and O–H groups in total. The number of nitrogens with one attached hydrogen (secondary N) is 1. The van der Waals surface area contributed by atoms with Crippen molar-refractivity contribution >= 4 is 0 Å². The Morgan fingerprint density at radius 3 is 2.89 bits per heavy atom. The first-order chi connectivity index (χ1) is 9.38. The molecule has 2 fully saturated rings. The molecule has 1 aromatic rings. The van der Waals surface area contributed by atoms with Crippen LogP contribution in [0, 0.1) is 5.92 Å². The van der Waals surface area contributed by atoms with Crippen LogP contribution in [0.5, 0.6) is 0 Å². The van der Waals surface area contributed by atoms with E-state index in [1.807, 2.05) is 0 Å². The highest BCUT2D eigenvalue weighted by Crippen LogP contribution is 2.36. The van der Waals surface area contributed by atoms with E-state index in [0.717, 1.165) is 17.9 Å². The molecule has 1 heterocycles. The molecule has 2 nitrogen and oxygen atoms in total. The van der Waals surface area contributed by atoms with E-state index in [-0.39, 0.29) is 0 Å². The quantitative estimate of drug-likeness (QED) is 0.870. The molecule has 3 aliphatic rings. The summed E-state index contributed by atoms with van der Waals surface area (Å²) in [6.45, 7) is 5.17. The number of hydrogen-bond donors (Lipinski definition) is 1. The van der Waals surface area contributed by atoms with Crippen molar-refractivity contribution in [2.75, 3.05) is 26.2 Å². The fourth-order valence-corrected chi connectivity index (χ4v) is 3.70. The van der Waals surface area contributed by atoms with Crippen molar-refractivity contribution in [3.63, 3.8) is 0 Å². The van der Waals surface area contributed by atoms with Crippen LogP contribution in [0.3, 0.4) is 0 Å². The largest absolute Gasteiger partial charge is 0.314 e. The lowest BCUT2D eigenvalue weighted by Crippen LogP contribution is -2.33. The lowest BCUT2D eigenvalue weighted by Gasteiger charge is -2.33. The van der Waals surface area contributed by atoms with Crippen LogP contribution in [0.2, 0.25) is 0 Å². The van der Waals surface area contributed by atoms with Gasteiger partial charge in [0.15, 0.2) is 0 Å². The molecule has 1 saturated carbocycles. The zero-order chi connectivity index (χ0) is 12.7. The number of nitrogens with zero attached hydrogens (tertiary/aromatic N) is 1. The van der Waals surface area contributed by atoms with Crippen molar-refractivity contribution in [1.82, 2.24) is 10.2 Å². The molecular weight excluding hydrogens is 232 g/mol. The summed E-state index contributed by atoms with van der Waals surface area (Å²) >= 11 is 0. The van der Waals surface area contributed by atoms with Gasteiger partial charge in [-0.15, -0.1) is 0 Å². The summed E-state index contributed by atoms with van der Waals surface area (Å²) in [5.41, 5.74) is 3.20. The maximum absolute atomic E-state index is 3.69. The predicted molar refractivity (Wildman–Crippen MR) is 78.5 cm³/mol. The van der Waals surface area contributed by atoms with E-state index in [0.29, 0.717) is 0 Å². The molecule has 2 unspecified atom stereocenters. The van der Waals surface area contributed by atoms with Crippen LogP contribution in [-0.4, -0.2) is 37.1 Å². The van der Waals surface area contributed by atoms with Crippen molar-refractivity contribution in [1.29, 1.82) is 0 Å². The van der Waals surface area contributed by atoms with Crippen LogP contribution >= 0.6 is 0 Å². The van der Waals surface area contributed by atoms with Gasteiger partial charge in [-0.05, 0) is 55.8 Å². The highest BCUT2D eigenvalue weighted by molar-refractivity contribution is 5.40. The summed E-state index contributed by atoms with van der Waals surface area (Å²) in [5.74, 6) is 1.71. The SMILES string of the molecule is c1ccc2c(c1)CC2CN1CCC(CNC2CC2)C1. The minimum Gasteiger partial charge on any atom is -0.314 e. The molecule has 0 aromatic heterocycles. The Balaban J connectivity index is 1.26. The average Bonchev–Trinajstić information content (AvgIpc) is 3.13. The van der Waals surface area contributed by atoms with E-state index in [2.05, 4.69) is 34.5 Å². The van der Waals surface area contributed by atoms with Gasteiger partial charge in [0, 0.05) is 25.0 Å². The van der Waals surface area contributed by atoms with Crippen molar-refractivity contribution in [3.05, 3.63) is 35.4 Å². The van der Waals surface area contributed by atoms with E-state index >= 15 is 0 Å². The van der Waals surface area contributed by atoms with E-state index < -0.39 is 0 Å². The third-order valence-corrected chi connectivity index (χ3v) is 5.08. The zero-order valence-corrected chi connectivity index (χ0v) is 11.6. The summed E-state index contributed by atoms with van der Waals surface area (Å²) in [4.78, 5) is 2.69. The topological polar surface area (TPSA) is 15.3 Å². The van der Waals surface area contributed by atoms with E-state index in [1.165, 1.54) is 51.9 Å². The molecule has 102 valence electrons. The molecule has 0 spiro atoms. The molecule has 0 bridgehead atoms. The molecule has 2 heteroatoms. The Bertz CT molecular complexity index is 452. The lowest BCUT2D eigenvalue weighted by atomic mass is 9.77. The van der Waals surface area contributed by atoms with Gasteiger partial charge in [0.25, 0.3) is 0 Å². The Morgan fingerprint density at radius 2 is 2.05 bits per heavy atom. The number of fused-ring (bicyclic) bond motifs is 1. The van der Waals surface area contributed by atoms with E-state index in [1.54, 1.807) is 11.1 Å². The van der Waals surface area contributed by atoms with Crippen LogP contribution in [-0.2, 0) is 6.42 Å². The smallest absolute Gasteiger partial charge is 0.00683 e. The molecule has 4 rings (SSSR count). The number of benzene rings is 1. The van der Waals surface area contributed by atoms with Gasteiger partial charge in [0.05, 0.1) is 0 Å². The van der Waals surface area contributed by atoms with Crippen molar-refractivity contribution in [3.8, 4) is 0 Å². The van der Waals surface area contributed by atoms with Gasteiger partial charge in [-0.2, -0.15) is 0 Å². The minimum absolute atomic E-state index is 0.811. The van der Waals surface area contributed by atoms with Crippen molar-refractivity contribution in [2.45, 2.75) is 37.6 Å². The highest BCUT2D eigenvalue weighted by Gasteiger charge is 2.31. The van der Waals surface area contributed by atoms with E-state index in [4.69, 9.17) is 0 Å². The predicted octanol–water partition coefficient (Wildman–Crippen LogP) is 2.40. The molecule has 19 heavy (non-hydrogen) atoms. The number of hydrogen-bond acceptors (Lipinski definition) is 2. The van der Waals surface area contributed by atoms with Gasteiger partial charge in [0.2, 0.25) is 0 Å². The molecule has 1 saturated heterocycles. The fraction of sp³-hybridized carbons (Fsp3) is 0.647. The van der Waals surface area contributed by atoms with Gasteiger partial charge in [-0.25, -0.2) is 0 Å². The second-order valence-electron chi connectivity index (χ2n) is 6.70. The van der Waals surface area contributed by atoms with Crippen LogP contribution in [0.15, 0.2) is 24.3 Å².